The zero-order valence-electron chi connectivity index (χ0n) is 16.9. The van der Waals surface area contributed by atoms with Crippen molar-refractivity contribution in [3.8, 4) is 5.75 Å². The summed E-state index contributed by atoms with van der Waals surface area (Å²) >= 11 is 1.50. The van der Waals surface area contributed by atoms with Crippen LogP contribution < -0.4 is 15.0 Å². The molecule has 30 heavy (non-hydrogen) atoms. The van der Waals surface area contributed by atoms with E-state index in [1.807, 2.05) is 46.0 Å². The summed E-state index contributed by atoms with van der Waals surface area (Å²) in [5.74, 6) is 0.273. The number of benzene rings is 1. The number of ether oxygens (including phenoxy) is 1. The molecule has 2 aliphatic rings. The van der Waals surface area contributed by atoms with Crippen molar-refractivity contribution in [2.75, 3.05) is 31.6 Å². The number of anilines is 1. The number of likely N-dealkylation sites (tertiary alicyclic amines) is 1. The van der Waals surface area contributed by atoms with Gasteiger partial charge in [0.25, 0.3) is 5.91 Å². The monoisotopic (exact) mass is 427 g/mol. The lowest BCUT2D eigenvalue weighted by molar-refractivity contribution is -0.136. The SMILES string of the molecule is COc1cccc(N2CC(C(=O)N3CCC(NC(=O)c4ccsc4)CC3)CC2=O)c1. The lowest BCUT2D eigenvalue weighted by Crippen LogP contribution is -2.48. The summed E-state index contributed by atoms with van der Waals surface area (Å²) in [6, 6.07) is 9.21. The topological polar surface area (TPSA) is 79.0 Å². The summed E-state index contributed by atoms with van der Waals surface area (Å²) in [6.07, 6.45) is 1.68. The van der Waals surface area contributed by atoms with Crippen LogP contribution in [-0.4, -0.2) is 55.4 Å². The van der Waals surface area contributed by atoms with Gasteiger partial charge >= 0.3 is 0 Å². The Bertz CT molecular complexity index is 922. The summed E-state index contributed by atoms with van der Waals surface area (Å²) < 4.78 is 5.24. The predicted octanol–water partition coefficient (Wildman–Crippen LogP) is 2.53. The van der Waals surface area contributed by atoms with Crippen molar-refractivity contribution in [2.45, 2.75) is 25.3 Å². The van der Waals surface area contributed by atoms with Crippen molar-refractivity contribution in [1.29, 1.82) is 0 Å². The van der Waals surface area contributed by atoms with Gasteiger partial charge in [0.1, 0.15) is 5.75 Å². The van der Waals surface area contributed by atoms with E-state index in [-0.39, 0.29) is 36.1 Å². The second kappa shape index (κ2) is 8.87. The molecule has 2 saturated heterocycles. The average molecular weight is 428 g/mol. The largest absolute Gasteiger partial charge is 0.497 e. The van der Waals surface area contributed by atoms with Crippen molar-refractivity contribution in [3.63, 3.8) is 0 Å². The Morgan fingerprint density at radius 2 is 2.00 bits per heavy atom. The van der Waals surface area contributed by atoms with Crippen LogP contribution in [0.4, 0.5) is 5.69 Å². The van der Waals surface area contributed by atoms with Gasteiger partial charge in [-0.2, -0.15) is 11.3 Å². The first kappa shape index (κ1) is 20.4. The van der Waals surface area contributed by atoms with Crippen molar-refractivity contribution < 1.29 is 19.1 Å². The van der Waals surface area contributed by atoms with Gasteiger partial charge < -0.3 is 19.9 Å². The Morgan fingerprint density at radius 1 is 1.20 bits per heavy atom. The first-order chi connectivity index (χ1) is 14.5. The summed E-state index contributed by atoms with van der Waals surface area (Å²) in [5, 5.41) is 6.77. The molecular formula is C22H25N3O4S. The lowest BCUT2D eigenvalue weighted by atomic mass is 10.0. The van der Waals surface area contributed by atoms with Gasteiger partial charge in [-0.1, -0.05) is 6.07 Å². The van der Waals surface area contributed by atoms with Crippen LogP contribution in [0.25, 0.3) is 0 Å². The van der Waals surface area contributed by atoms with Gasteiger partial charge in [-0.3, -0.25) is 14.4 Å². The van der Waals surface area contributed by atoms with Gasteiger partial charge in [0, 0.05) is 54.8 Å². The van der Waals surface area contributed by atoms with E-state index in [1.54, 1.807) is 12.0 Å². The Morgan fingerprint density at radius 3 is 2.70 bits per heavy atom. The van der Waals surface area contributed by atoms with Gasteiger partial charge in [-0.25, -0.2) is 0 Å². The zero-order valence-corrected chi connectivity index (χ0v) is 17.7. The van der Waals surface area contributed by atoms with E-state index in [1.165, 1.54) is 11.3 Å². The molecule has 158 valence electrons. The summed E-state index contributed by atoms with van der Waals surface area (Å²) in [5.41, 5.74) is 1.44. The fraction of sp³-hybridized carbons (Fsp3) is 0.409. The van der Waals surface area contributed by atoms with Crippen molar-refractivity contribution in [3.05, 3.63) is 46.7 Å². The van der Waals surface area contributed by atoms with Gasteiger partial charge in [-0.05, 0) is 36.4 Å². The van der Waals surface area contributed by atoms with Gasteiger partial charge in [-0.15, -0.1) is 0 Å². The maximum Gasteiger partial charge on any atom is 0.252 e. The number of hydrogen-bond acceptors (Lipinski definition) is 5. The van der Waals surface area contributed by atoms with Crippen LogP contribution in [0.1, 0.15) is 29.6 Å². The summed E-state index contributed by atoms with van der Waals surface area (Å²) in [6.45, 7) is 1.58. The van der Waals surface area contributed by atoms with E-state index in [9.17, 15) is 14.4 Å². The Balaban J connectivity index is 1.31. The molecule has 2 fully saturated rings. The average Bonchev–Trinajstić information content (AvgIpc) is 3.44. The smallest absolute Gasteiger partial charge is 0.252 e. The first-order valence-electron chi connectivity index (χ1n) is 10.1. The summed E-state index contributed by atoms with van der Waals surface area (Å²) in [7, 11) is 1.59. The fourth-order valence-corrected chi connectivity index (χ4v) is 4.70. The number of carbonyl (C=O) groups excluding carboxylic acids is 3. The van der Waals surface area contributed by atoms with Crippen LogP contribution in [0.15, 0.2) is 41.1 Å². The first-order valence-corrected chi connectivity index (χ1v) is 11.1. The molecule has 1 unspecified atom stereocenters. The number of piperidine rings is 1. The van der Waals surface area contributed by atoms with Crippen molar-refractivity contribution in [2.24, 2.45) is 5.92 Å². The molecule has 0 radical (unpaired) electrons. The number of rotatable bonds is 5. The van der Waals surface area contributed by atoms with E-state index in [4.69, 9.17) is 4.74 Å². The summed E-state index contributed by atoms with van der Waals surface area (Å²) in [4.78, 5) is 41.2. The van der Waals surface area contributed by atoms with Crippen LogP contribution in [-0.2, 0) is 9.59 Å². The van der Waals surface area contributed by atoms with Gasteiger partial charge in [0.15, 0.2) is 0 Å². The van der Waals surface area contributed by atoms with Crippen molar-refractivity contribution in [1.82, 2.24) is 10.2 Å². The molecule has 1 N–H and O–H groups in total. The van der Waals surface area contributed by atoms with Crippen LogP contribution in [0.2, 0.25) is 0 Å². The van der Waals surface area contributed by atoms with Crippen LogP contribution >= 0.6 is 11.3 Å². The quantitative estimate of drug-likeness (QED) is 0.795. The normalized spacial score (nSPS) is 19.8. The minimum atomic E-state index is -0.333. The number of amides is 3. The molecule has 0 bridgehead atoms. The molecule has 2 aliphatic heterocycles. The molecule has 0 saturated carbocycles. The number of hydrogen-bond donors (Lipinski definition) is 1. The number of thiophene rings is 1. The molecule has 1 aromatic carbocycles. The molecule has 1 atom stereocenters. The number of nitrogens with zero attached hydrogens (tertiary/aromatic N) is 2. The van der Waals surface area contributed by atoms with Gasteiger partial charge in [0.05, 0.1) is 13.0 Å². The maximum atomic E-state index is 13.0. The van der Waals surface area contributed by atoms with E-state index in [2.05, 4.69) is 5.32 Å². The van der Waals surface area contributed by atoms with Crippen LogP contribution in [0, 0.1) is 5.92 Å². The molecule has 0 spiro atoms. The second-order valence-electron chi connectivity index (χ2n) is 7.69. The molecule has 3 heterocycles. The van der Waals surface area contributed by atoms with E-state index >= 15 is 0 Å². The molecular weight excluding hydrogens is 402 g/mol. The zero-order chi connectivity index (χ0) is 21.1. The highest BCUT2D eigenvalue weighted by molar-refractivity contribution is 7.08. The molecule has 1 aromatic heterocycles. The Hall–Kier alpha value is -2.87. The Kier molecular flexibility index (Phi) is 6.03. The highest BCUT2D eigenvalue weighted by Gasteiger charge is 2.38. The molecule has 8 heteroatoms. The van der Waals surface area contributed by atoms with Crippen LogP contribution in [0.3, 0.4) is 0 Å². The van der Waals surface area contributed by atoms with E-state index < -0.39 is 0 Å². The predicted molar refractivity (Wildman–Crippen MR) is 115 cm³/mol. The molecule has 0 aliphatic carbocycles. The minimum absolute atomic E-state index is 0.0244. The molecule has 4 rings (SSSR count). The third kappa shape index (κ3) is 4.33. The highest BCUT2D eigenvalue weighted by Crippen LogP contribution is 2.29. The maximum absolute atomic E-state index is 13.0. The van der Waals surface area contributed by atoms with E-state index in [0.717, 1.165) is 18.5 Å². The van der Waals surface area contributed by atoms with Crippen molar-refractivity contribution >= 4 is 34.7 Å². The van der Waals surface area contributed by atoms with E-state index in [0.29, 0.717) is 30.9 Å². The third-order valence-corrected chi connectivity index (χ3v) is 6.45. The van der Waals surface area contributed by atoms with Gasteiger partial charge in [0.2, 0.25) is 11.8 Å². The Labute approximate surface area is 179 Å². The second-order valence-corrected chi connectivity index (χ2v) is 8.47. The molecule has 3 amide bonds. The fourth-order valence-electron chi connectivity index (χ4n) is 4.07. The highest BCUT2D eigenvalue weighted by atomic mass is 32.1. The molecule has 2 aromatic rings. The number of methoxy groups -OCH3 is 1. The van der Waals surface area contributed by atoms with Crippen LogP contribution in [0.5, 0.6) is 5.75 Å². The number of nitrogens with one attached hydrogen (secondary N) is 1. The number of carbonyl (C=O) groups is 3. The minimum Gasteiger partial charge on any atom is -0.497 e. The standard InChI is InChI=1S/C22H25N3O4S/c1-29-19-4-2-3-18(12-19)25-13-16(11-20(25)26)22(28)24-8-5-17(6-9-24)23-21(27)15-7-10-30-14-15/h2-4,7,10,12,14,16-17H,5-6,8-9,11,13H2,1H3,(H,23,27). The molecule has 7 nitrogen and oxygen atoms in total. The lowest BCUT2D eigenvalue weighted by Gasteiger charge is -2.33. The third-order valence-electron chi connectivity index (χ3n) is 5.76.